The van der Waals surface area contributed by atoms with Gasteiger partial charge in [-0.05, 0) is 43.2 Å². The molecule has 0 bridgehead atoms. The molecule has 1 aromatic carbocycles. The lowest BCUT2D eigenvalue weighted by molar-refractivity contribution is -0.121. The Morgan fingerprint density at radius 1 is 1.22 bits per heavy atom. The van der Waals surface area contributed by atoms with Crippen LogP contribution in [-0.4, -0.2) is 43.7 Å². The van der Waals surface area contributed by atoms with Gasteiger partial charge < -0.3 is 10.1 Å². The van der Waals surface area contributed by atoms with Crippen LogP contribution in [0.1, 0.15) is 41.3 Å². The summed E-state index contributed by atoms with van der Waals surface area (Å²) in [6, 6.07) is 13.1. The Balaban J connectivity index is 1.48. The number of aryl methyl sites for hydroxylation is 2. The Morgan fingerprint density at radius 2 is 2.07 bits per heavy atom. The maximum Gasteiger partial charge on any atom is 0.220 e. The van der Waals surface area contributed by atoms with Crippen LogP contribution in [0.25, 0.3) is 0 Å². The van der Waals surface area contributed by atoms with Gasteiger partial charge in [-0.15, -0.1) is 11.3 Å². The first-order chi connectivity index (χ1) is 13.2. The van der Waals surface area contributed by atoms with Gasteiger partial charge in [0.2, 0.25) is 5.91 Å². The van der Waals surface area contributed by atoms with Crippen molar-refractivity contribution in [3.05, 3.63) is 57.8 Å². The average molecular weight is 387 g/mol. The number of thiophene rings is 1. The van der Waals surface area contributed by atoms with E-state index in [0.717, 1.165) is 45.6 Å². The molecule has 27 heavy (non-hydrogen) atoms. The molecule has 0 radical (unpaired) electrons. The molecule has 1 aliphatic heterocycles. The van der Waals surface area contributed by atoms with E-state index in [-0.39, 0.29) is 11.9 Å². The van der Waals surface area contributed by atoms with Gasteiger partial charge in [-0.3, -0.25) is 9.69 Å². The summed E-state index contributed by atoms with van der Waals surface area (Å²) >= 11 is 1.79. The third-order valence-electron chi connectivity index (χ3n) is 5.06. The molecule has 1 amide bonds. The fraction of sp³-hybridized carbons (Fsp3) is 0.500. The SMILES string of the molecule is Cc1cccc(C(CNC(=O)CCCCc2cccs2)N2CCOCC2)c1. The van der Waals surface area contributed by atoms with Crippen LogP contribution in [0.15, 0.2) is 41.8 Å². The minimum absolute atomic E-state index is 0.159. The molecule has 3 rings (SSSR count). The van der Waals surface area contributed by atoms with E-state index in [1.165, 1.54) is 16.0 Å². The van der Waals surface area contributed by atoms with Crippen LogP contribution in [0.3, 0.4) is 0 Å². The highest BCUT2D eigenvalue weighted by Crippen LogP contribution is 2.22. The molecular weight excluding hydrogens is 356 g/mol. The van der Waals surface area contributed by atoms with Crippen molar-refractivity contribution in [2.75, 3.05) is 32.8 Å². The molecule has 0 spiro atoms. The average Bonchev–Trinajstić information content (AvgIpc) is 3.20. The Labute approximate surface area is 166 Å². The molecule has 2 aromatic rings. The summed E-state index contributed by atoms with van der Waals surface area (Å²) in [4.78, 5) is 16.2. The minimum Gasteiger partial charge on any atom is -0.379 e. The number of carbonyl (C=O) groups excluding carboxylic acids is 1. The first kappa shape index (κ1) is 20.1. The van der Waals surface area contributed by atoms with Crippen molar-refractivity contribution in [3.63, 3.8) is 0 Å². The standard InChI is InChI=1S/C22H30N2O2S/c1-18-6-4-7-19(16-18)21(24-11-13-26-14-12-24)17-23-22(25)10-3-2-8-20-9-5-15-27-20/h4-7,9,15-16,21H,2-3,8,10-14,17H2,1H3,(H,23,25). The highest BCUT2D eigenvalue weighted by atomic mass is 32.1. The van der Waals surface area contributed by atoms with Gasteiger partial charge in [0.1, 0.15) is 0 Å². The Kier molecular flexibility index (Phi) is 7.87. The van der Waals surface area contributed by atoms with Crippen molar-refractivity contribution in [2.24, 2.45) is 0 Å². The van der Waals surface area contributed by atoms with Crippen molar-refractivity contribution in [3.8, 4) is 0 Å². The molecule has 1 fully saturated rings. The molecule has 1 atom stereocenters. The number of hydrogen-bond donors (Lipinski definition) is 1. The maximum atomic E-state index is 12.3. The molecule has 1 aliphatic rings. The van der Waals surface area contributed by atoms with Gasteiger partial charge >= 0.3 is 0 Å². The number of unbranched alkanes of at least 4 members (excludes halogenated alkanes) is 1. The summed E-state index contributed by atoms with van der Waals surface area (Å²) in [6.07, 6.45) is 3.69. The lowest BCUT2D eigenvalue weighted by atomic mass is 10.0. The maximum absolute atomic E-state index is 12.3. The molecule has 1 N–H and O–H groups in total. The largest absolute Gasteiger partial charge is 0.379 e. The first-order valence-corrected chi connectivity index (χ1v) is 10.8. The lowest BCUT2D eigenvalue weighted by Gasteiger charge is -2.35. The van der Waals surface area contributed by atoms with E-state index < -0.39 is 0 Å². The summed E-state index contributed by atoms with van der Waals surface area (Å²) < 4.78 is 5.50. The van der Waals surface area contributed by atoms with Crippen LogP contribution in [0.2, 0.25) is 0 Å². The van der Waals surface area contributed by atoms with E-state index in [9.17, 15) is 4.79 Å². The molecule has 1 unspecified atom stereocenters. The molecule has 2 heterocycles. The van der Waals surface area contributed by atoms with Gasteiger partial charge in [-0.2, -0.15) is 0 Å². The van der Waals surface area contributed by atoms with E-state index in [0.29, 0.717) is 13.0 Å². The fourth-order valence-corrected chi connectivity index (χ4v) is 4.31. The normalized spacial score (nSPS) is 16.2. The zero-order valence-corrected chi connectivity index (χ0v) is 17.0. The van der Waals surface area contributed by atoms with E-state index in [1.54, 1.807) is 11.3 Å². The molecule has 4 nitrogen and oxygen atoms in total. The van der Waals surface area contributed by atoms with Crippen LogP contribution >= 0.6 is 11.3 Å². The van der Waals surface area contributed by atoms with E-state index in [4.69, 9.17) is 4.74 Å². The topological polar surface area (TPSA) is 41.6 Å². The van der Waals surface area contributed by atoms with Crippen LogP contribution < -0.4 is 5.32 Å². The molecule has 1 saturated heterocycles. The van der Waals surface area contributed by atoms with Gasteiger partial charge in [-0.25, -0.2) is 0 Å². The zero-order chi connectivity index (χ0) is 18.9. The number of carbonyl (C=O) groups is 1. The second kappa shape index (κ2) is 10.6. The Bertz CT molecular complexity index is 696. The van der Waals surface area contributed by atoms with Crippen molar-refractivity contribution >= 4 is 17.2 Å². The number of benzene rings is 1. The smallest absolute Gasteiger partial charge is 0.220 e. The van der Waals surface area contributed by atoms with Gasteiger partial charge in [0.25, 0.3) is 0 Å². The summed E-state index contributed by atoms with van der Waals surface area (Å²) in [5.74, 6) is 0.159. The number of nitrogens with zero attached hydrogens (tertiary/aromatic N) is 1. The number of hydrogen-bond acceptors (Lipinski definition) is 4. The summed E-state index contributed by atoms with van der Waals surface area (Å²) in [6.45, 7) is 6.13. The van der Waals surface area contributed by atoms with E-state index >= 15 is 0 Å². The van der Waals surface area contributed by atoms with Crippen LogP contribution in [0, 0.1) is 6.92 Å². The van der Waals surface area contributed by atoms with E-state index in [2.05, 4.69) is 58.9 Å². The number of ether oxygens (including phenoxy) is 1. The highest BCUT2D eigenvalue weighted by molar-refractivity contribution is 7.09. The van der Waals surface area contributed by atoms with Crippen molar-refractivity contribution < 1.29 is 9.53 Å². The van der Waals surface area contributed by atoms with Crippen molar-refractivity contribution in [2.45, 2.75) is 38.6 Å². The first-order valence-electron chi connectivity index (χ1n) is 9.90. The number of rotatable bonds is 9. The second-order valence-corrected chi connectivity index (χ2v) is 8.20. The Morgan fingerprint density at radius 3 is 2.81 bits per heavy atom. The van der Waals surface area contributed by atoms with Gasteiger partial charge in [0.05, 0.1) is 19.3 Å². The minimum atomic E-state index is 0.159. The number of nitrogens with one attached hydrogen (secondary N) is 1. The third kappa shape index (κ3) is 6.45. The van der Waals surface area contributed by atoms with Gasteiger partial charge in [0.15, 0.2) is 0 Å². The van der Waals surface area contributed by atoms with Gasteiger partial charge in [-0.1, -0.05) is 35.9 Å². The number of amides is 1. The summed E-state index contributed by atoms with van der Waals surface area (Å²) in [5, 5.41) is 5.28. The number of morpholine rings is 1. The Hall–Kier alpha value is -1.69. The van der Waals surface area contributed by atoms with Crippen LogP contribution in [-0.2, 0) is 16.0 Å². The van der Waals surface area contributed by atoms with Crippen LogP contribution in [0.4, 0.5) is 0 Å². The predicted octanol–water partition coefficient (Wildman–Crippen LogP) is 3.96. The van der Waals surface area contributed by atoms with Crippen LogP contribution in [0.5, 0.6) is 0 Å². The molecule has 5 heteroatoms. The predicted molar refractivity (Wildman–Crippen MR) is 111 cm³/mol. The third-order valence-corrected chi connectivity index (χ3v) is 6.00. The molecule has 1 aromatic heterocycles. The quantitative estimate of drug-likeness (QED) is 0.663. The monoisotopic (exact) mass is 386 g/mol. The summed E-state index contributed by atoms with van der Waals surface area (Å²) in [5.41, 5.74) is 2.53. The molecule has 0 aliphatic carbocycles. The molecule has 0 saturated carbocycles. The van der Waals surface area contributed by atoms with Crippen molar-refractivity contribution in [1.29, 1.82) is 0 Å². The van der Waals surface area contributed by atoms with Crippen molar-refractivity contribution in [1.82, 2.24) is 10.2 Å². The second-order valence-electron chi connectivity index (χ2n) is 7.17. The van der Waals surface area contributed by atoms with Gasteiger partial charge in [0, 0.05) is 30.9 Å². The molecular formula is C22H30N2O2S. The zero-order valence-electron chi connectivity index (χ0n) is 16.2. The molecule has 146 valence electrons. The van der Waals surface area contributed by atoms with E-state index in [1.807, 2.05) is 0 Å². The fourth-order valence-electron chi connectivity index (χ4n) is 3.56. The lowest BCUT2D eigenvalue weighted by Crippen LogP contribution is -2.43. The highest BCUT2D eigenvalue weighted by Gasteiger charge is 2.23. The summed E-state index contributed by atoms with van der Waals surface area (Å²) in [7, 11) is 0.